The molecule has 4 rings (SSSR count). The van der Waals surface area contributed by atoms with Crippen LogP contribution in [0.5, 0.6) is 17.2 Å². The molecule has 4 aromatic rings. The van der Waals surface area contributed by atoms with Gasteiger partial charge in [-0.2, -0.15) is 0 Å². The summed E-state index contributed by atoms with van der Waals surface area (Å²) in [4.78, 5) is 17.4. The van der Waals surface area contributed by atoms with Crippen LogP contribution in [0.25, 0.3) is 10.9 Å². The number of aromatic nitrogens is 1. The van der Waals surface area contributed by atoms with E-state index in [0.29, 0.717) is 30.0 Å². The van der Waals surface area contributed by atoms with Gasteiger partial charge in [-0.15, -0.1) is 0 Å². The summed E-state index contributed by atoms with van der Waals surface area (Å²) >= 11 is 0. The average Bonchev–Trinajstić information content (AvgIpc) is 3.20. The zero-order chi connectivity index (χ0) is 23.2. The largest absolute Gasteiger partial charge is 0.497 e. The number of benzene rings is 3. The fourth-order valence-electron chi connectivity index (χ4n) is 3.59. The van der Waals surface area contributed by atoms with Crippen LogP contribution in [-0.2, 0) is 11.4 Å². The van der Waals surface area contributed by atoms with E-state index >= 15 is 0 Å². The minimum Gasteiger partial charge on any atom is -0.497 e. The van der Waals surface area contributed by atoms with Crippen LogP contribution in [0.4, 0.5) is 0 Å². The van der Waals surface area contributed by atoms with Crippen molar-refractivity contribution in [3.05, 3.63) is 90.1 Å². The number of ether oxygens (including phenoxy) is 2. The van der Waals surface area contributed by atoms with Gasteiger partial charge in [-0.1, -0.05) is 24.3 Å². The molecular weight excluding hydrogens is 420 g/mol. The molecule has 0 aliphatic carbocycles. The highest BCUT2D eigenvalue weighted by Gasteiger charge is 2.20. The Morgan fingerprint density at radius 1 is 0.970 bits per heavy atom. The van der Waals surface area contributed by atoms with Gasteiger partial charge in [0.15, 0.2) is 6.61 Å². The highest BCUT2D eigenvalue weighted by atomic mass is 16.6. The molecule has 0 saturated carbocycles. The molecular formula is C26H25N2O5+. The van der Waals surface area contributed by atoms with E-state index in [1.807, 2.05) is 78.2 Å². The second-order valence-electron chi connectivity index (χ2n) is 7.32. The Bertz CT molecular complexity index is 1290. The van der Waals surface area contributed by atoms with Crippen molar-refractivity contribution in [3.8, 4) is 17.2 Å². The van der Waals surface area contributed by atoms with Crippen LogP contribution in [0.15, 0.2) is 79.0 Å². The second-order valence-corrected chi connectivity index (χ2v) is 7.32. The summed E-state index contributed by atoms with van der Waals surface area (Å²) < 4.78 is 13.1. The van der Waals surface area contributed by atoms with Crippen LogP contribution in [-0.4, -0.2) is 35.1 Å². The third-order valence-electron chi connectivity index (χ3n) is 5.15. The van der Waals surface area contributed by atoms with E-state index in [0.717, 1.165) is 22.5 Å². The number of rotatable bonds is 9. The number of carboxylic acids is 1. The Kier molecular flexibility index (Phi) is 6.59. The number of fused-ring (bicyclic) bond motifs is 1. The van der Waals surface area contributed by atoms with Gasteiger partial charge in [0.05, 0.1) is 18.2 Å². The summed E-state index contributed by atoms with van der Waals surface area (Å²) in [6.07, 6.45) is 1.63. The molecule has 7 nitrogen and oxygen atoms in total. The third kappa shape index (κ3) is 4.98. The minimum absolute atomic E-state index is 0.209. The Morgan fingerprint density at radius 3 is 2.48 bits per heavy atom. The van der Waals surface area contributed by atoms with Gasteiger partial charge in [0.2, 0.25) is 0 Å². The van der Waals surface area contributed by atoms with Crippen molar-refractivity contribution < 1.29 is 29.4 Å². The van der Waals surface area contributed by atoms with Crippen LogP contribution in [0.1, 0.15) is 22.8 Å². The van der Waals surface area contributed by atoms with Crippen molar-refractivity contribution in [2.45, 2.75) is 13.5 Å². The number of hydrogen-bond acceptors (Lipinski definition) is 4. The zero-order valence-electron chi connectivity index (χ0n) is 18.4. The van der Waals surface area contributed by atoms with Crippen molar-refractivity contribution in [1.82, 2.24) is 4.57 Å². The van der Waals surface area contributed by atoms with Crippen molar-refractivity contribution in [2.75, 3.05) is 13.7 Å². The van der Waals surface area contributed by atoms with Crippen LogP contribution in [0.2, 0.25) is 0 Å². The quantitative estimate of drug-likeness (QED) is 0.303. The molecule has 0 atom stereocenters. The van der Waals surface area contributed by atoms with Crippen molar-refractivity contribution in [1.29, 1.82) is 0 Å². The van der Waals surface area contributed by atoms with Gasteiger partial charge in [0.25, 0.3) is 5.71 Å². The summed E-state index contributed by atoms with van der Waals surface area (Å²) in [6, 6.07) is 22.6. The monoisotopic (exact) mass is 445 g/mol. The highest BCUT2D eigenvalue weighted by Crippen LogP contribution is 2.27. The molecule has 0 unspecified atom stereocenters. The molecule has 2 N–H and O–H groups in total. The Labute approximate surface area is 191 Å². The van der Waals surface area contributed by atoms with Crippen molar-refractivity contribution >= 4 is 22.6 Å². The summed E-state index contributed by atoms with van der Waals surface area (Å²) in [5, 5.41) is 13.3. The van der Waals surface area contributed by atoms with Crippen LogP contribution >= 0.6 is 0 Å². The molecule has 0 amide bonds. The van der Waals surface area contributed by atoms with Crippen LogP contribution < -0.4 is 14.6 Å². The number of carbonyl (C=O) groups is 1. The number of para-hydroxylation sites is 1. The molecule has 0 spiro atoms. The van der Waals surface area contributed by atoms with Gasteiger partial charge >= 0.3 is 5.97 Å². The summed E-state index contributed by atoms with van der Waals surface area (Å²) in [5.41, 5.74) is 2.62. The van der Waals surface area contributed by atoms with Gasteiger partial charge in [0, 0.05) is 17.1 Å². The van der Waals surface area contributed by atoms with Crippen molar-refractivity contribution in [3.63, 3.8) is 0 Å². The molecule has 7 heteroatoms. The number of hydrogen-bond donors (Lipinski definition) is 2. The normalized spacial score (nSPS) is 11.4. The van der Waals surface area contributed by atoms with E-state index < -0.39 is 5.97 Å². The standard InChI is InChI=1S/C26H24N2O5/c1-3-32-27-24(18-8-7-11-21(14-18)33-19-9-5-4-6-10-19)17-28-16-23(26(29)30)22-15-20(31-2)12-13-25(22)28/h4-16H,3,17H2,1-2H3,(H,29,30)/p+1/b27-24+. The second kappa shape index (κ2) is 9.91. The Balaban J connectivity index is 1.71. The molecule has 33 heavy (non-hydrogen) atoms. The lowest BCUT2D eigenvalue weighted by atomic mass is 10.1. The van der Waals surface area contributed by atoms with E-state index in [1.165, 1.54) is 0 Å². The van der Waals surface area contributed by atoms with Gasteiger partial charge in [-0.25, -0.2) is 4.79 Å². The summed E-state index contributed by atoms with van der Waals surface area (Å²) in [6.45, 7) is 2.72. The molecule has 0 saturated heterocycles. The number of nitrogens with one attached hydrogen (secondary N) is 1. The predicted molar refractivity (Wildman–Crippen MR) is 125 cm³/mol. The van der Waals surface area contributed by atoms with E-state index in [1.54, 1.807) is 19.4 Å². The Morgan fingerprint density at radius 2 is 1.76 bits per heavy atom. The lowest BCUT2D eigenvalue weighted by Crippen LogP contribution is -2.73. The molecule has 1 aromatic heterocycles. The number of methoxy groups -OCH3 is 1. The first-order valence-electron chi connectivity index (χ1n) is 10.6. The zero-order valence-corrected chi connectivity index (χ0v) is 18.4. The molecule has 0 aliphatic rings. The highest BCUT2D eigenvalue weighted by molar-refractivity contribution is 6.05. The van der Waals surface area contributed by atoms with Crippen LogP contribution in [0, 0.1) is 0 Å². The van der Waals surface area contributed by atoms with E-state index in [2.05, 4.69) is 5.16 Å². The van der Waals surface area contributed by atoms with Crippen LogP contribution in [0.3, 0.4) is 0 Å². The number of nitrogens with zero attached hydrogens (tertiary/aromatic N) is 1. The maximum absolute atomic E-state index is 11.9. The molecule has 1 heterocycles. The van der Waals surface area contributed by atoms with Gasteiger partial charge < -0.3 is 19.1 Å². The molecule has 3 aromatic carbocycles. The summed E-state index contributed by atoms with van der Waals surface area (Å²) in [5.74, 6) is 1.03. The fourth-order valence-corrected chi connectivity index (χ4v) is 3.59. The SMILES string of the molecule is CCO/[NH+]=C(\Cn1cc(C(=O)O)c2cc(OC)ccc21)c1cccc(Oc2ccccc2)c1. The summed E-state index contributed by atoms with van der Waals surface area (Å²) in [7, 11) is 1.56. The lowest BCUT2D eigenvalue weighted by Gasteiger charge is -2.08. The maximum Gasteiger partial charge on any atom is 0.337 e. The number of carboxylic acid groups (broad SMARTS) is 1. The van der Waals surface area contributed by atoms with Crippen molar-refractivity contribution in [2.24, 2.45) is 0 Å². The Hall–Kier alpha value is -4.26. The topological polar surface area (TPSA) is 83.9 Å². The van der Waals surface area contributed by atoms with Gasteiger partial charge in [-0.05, 0) is 60.6 Å². The first kappa shape index (κ1) is 22.0. The predicted octanol–water partition coefficient (Wildman–Crippen LogP) is 3.66. The molecule has 0 aliphatic heterocycles. The first-order valence-corrected chi connectivity index (χ1v) is 10.6. The van der Waals surface area contributed by atoms with E-state index in [4.69, 9.17) is 14.3 Å². The lowest BCUT2D eigenvalue weighted by molar-refractivity contribution is -0.752. The molecule has 0 radical (unpaired) electrons. The third-order valence-corrected chi connectivity index (χ3v) is 5.15. The average molecular weight is 445 g/mol. The smallest absolute Gasteiger partial charge is 0.337 e. The maximum atomic E-state index is 11.9. The van der Waals surface area contributed by atoms with E-state index in [9.17, 15) is 9.90 Å². The fraction of sp³-hybridized carbons (Fsp3) is 0.154. The van der Waals surface area contributed by atoms with Gasteiger partial charge in [-0.3, -0.25) is 4.84 Å². The van der Waals surface area contributed by atoms with Gasteiger partial charge in [0.1, 0.15) is 23.8 Å². The van der Waals surface area contributed by atoms with E-state index in [-0.39, 0.29) is 5.56 Å². The minimum atomic E-state index is -0.996. The molecule has 0 fully saturated rings. The molecule has 0 bridgehead atoms. The first-order chi connectivity index (χ1) is 16.1. The number of aromatic carboxylic acids is 1. The molecule has 168 valence electrons.